The first-order valence-electron chi connectivity index (χ1n) is 5.95. The van der Waals surface area contributed by atoms with Crippen LogP contribution in [0.2, 0.25) is 0 Å². The molecule has 4 heteroatoms. The lowest BCUT2D eigenvalue weighted by Crippen LogP contribution is -1.87. The van der Waals surface area contributed by atoms with E-state index in [2.05, 4.69) is 16.8 Å². The van der Waals surface area contributed by atoms with Gasteiger partial charge in [-0.1, -0.05) is 41.8 Å². The number of aryl methyl sites for hydroxylation is 2. The molecular weight excluding hydrogens is 258 g/mol. The minimum absolute atomic E-state index is 0.125. The van der Waals surface area contributed by atoms with Crippen LogP contribution < -0.4 is 0 Å². The van der Waals surface area contributed by atoms with Crippen molar-refractivity contribution >= 4 is 11.8 Å². The SMILES string of the molecule is Cc1nc(SCc2ccccc2C#CCO)oc1C. The number of benzene rings is 1. The monoisotopic (exact) mass is 273 g/mol. The van der Waals surface area contributed by atoms with Gasteiger partial charge in [-0.05, 0) is 25.5 Å². The zero-order valence-corrected chi connectivity index (χ0v) is 11.8. The molecule has 0 unspecified atom stereocenters. The summed E-state index contributed by atoms with van der Waals surface area (Å²) in [4.78, 5) is 4.34. The Kier molecular flexibility index (Phi) is 4.67. The Labute approximate surface area is 117 Å². The molecule has 0 amide bonds. The summed E-state index contributed by atoms with van der Waals surface area (Å²) in [6, 6.07) is 7.89. The van der Waals surface area contributed by atoms with Crippen LogP contribution in [0.3, 0.4) is 0 Å². The average molecular weight is 273 g/mol. The lowest BCUT2D eigenvalue weighted by molar-refractivity contribution is 0.350. The molecular formula is C15H15NO2S. The van der Waals surface area contributed by atoms with Gasteiger partial charge < -0.3 is 9.52 Å². The first-order valence-corrected chi connectivity index (χ1v) is 6.93. The van der Waals surface area contributed by atoms with E-state index in [0.29, 0.717) is 5.22 Å². The third-order valence-electron chi connectivity index (χ3n) is 2.68. The number of aliphatic hydroxyl groups is 1. The van der Waals surface area contributed by atoms with E-state index in [4.69, 9.17) is 9.52 Å². The van der Waals surface area contributed by atoms with Crippen LogP contribution in [0.15, 0.2) is 33.9 Å². The van der Waals surface area contributed by atoms with Gasteiger partial charge in [-0.15, -0.1) is 0 Å². The molecule has 0 saturated carbocycles. The highest BCUT2D eigenvalue weighted by molar-refractivity contribution is 7.98. The minimum Gasteiger partial charge on any atom is -0.437 e. The maximum Gasteiger partial charge on any atom is 0.256 e. The molecule has 3 nitrogen and oxygen atoms in total. The Morgan fingerprint density at radius 1 is 1.32 bits per heavy atom. The number of hydrogen-bond acceptors (Lipinski definition) is 4. The average Bonchev–Trinajstić information content (AvgIpc) is 2.74. The van der Waals surface area contributed by atoms with E-state index in [1.165, 1.54) is 0 Å². The zero-order chi connectivity index (χ0) is 13.7. The van der Waals surface area contributed by atoms with Crippen LogP contribution in [-0.2, 0) is 5.75 Å². The van der Waals surface area contributed by atoms with Gasteiger partial charge in [0.2, 0.25) is 0 Å². The molecule has 1 aromatic heterocycles. The van der Waals surface area contributed by atoms with Crippen molar-refractivity contribution in [3.05, 3.63) is 46.8 Å². The van der Waals surface area contributed by atoms with Crippen LogP contribution in [0, 0.1) is 25.7 Å². The molecule has 0 aliphatic heterocycles. The van der Waals surface area contributed by atoms with Crippen molar-refractivity contribution < 1.29 is 9.52 Å². The van der Waals surface area contributed by atoms with Crippen molar-refractivity contribution in [3.63, 3.8) is 0 Å². The fourth-order valence-corrected chi connectivity index (χ4v) is 2.46. The summed E-state index contributed by atoms with van der Waals surface area (Å²) in [5.41, 5.74) is 2.97. The molecule has 0 bridgehead atoms. The topological polar surface area (TPSA) is 46.3 Å². The first kappa shape index (κ1) is 13.7. The van der Waals surface area contributed by atoms with Crippen molar-refractivity contribution in [2.45, 2.75) is 24.8 Å². The third-order valence-corrected chi connectivity index (χ3v) is 3.56. The maximum absolute atomic E-state index is 8.76. The van der Waals surface area contributed by atoms with Crippen molar-refractivity contribution in [3.8, 4) is 11.8 Å². The summed E-state index contributed by atoms with van der Waals surface area (Å²) in [7, 11) is 0. The Morgan fingerprint density at radius 3 is 2.79 bits per heavy atom. The molecule has 2 rings (SSSR count). The third kappa shape index (κ3) is 3.63. The molecule has 2 aromatic rings. The summed E-state index contributed by atoms with van der Waals surface area (Å²) in [5.74, 6) is 7.23. The molecule has 0 fully saturated rings. The van der Waals surface area contributed by atoms with Gasteiger partial charge in [-0.2, -0.15) is 0 Å². The molecule has 0 aliphatic carbocycles. The fraction of sp³-hybridized carbons (Fsp3) is 0.267. The molecule has 1 heterocycles. The molecule has 0 atom stereocenters. The Bertz CT molecular complexity index is 603. The summed E-state index contributed by atoms with van der Waals surface area (Å²) < 4.78 is 5.53. The number of thioether (sulfide) groups is 1. The van der Waals surface area contributed by atoms with Crippen molar-refractivity contribution in [1.29, 1.82) is 0 Å². The Morgan fingerprint density at radius 2 is 2.11 bits per heavy atom. The van der Waals surface area contributed by atoms with Crippen LogP contribution in [0.25, 0.3) is 0 Å². The summed E-state index contributed by atoms with van der Waals surface area (Å²) in [6.07, 6.45) is 0. The van der Waals surface area contributed by atoms with Gasteiger partial charge in [-0.25, -0.2) is 4.98 Å². The molecule has 19 heavy (non-hydrogen) atoms. The van der Waals surface area contributed by atoms with Crippen LogP contribution >= 0.6 is 11.8 Å². The van der Waals surface area contributed by atoms with Gasteiger partial charge in [0.1, 0.15) is 12.4 Å². The van der Waals surface area contributed by atoms with E-state index in [-0.39, 0.29) is 6.61 Å². The van der Waals surface area contributed by atoms with Crippen LogP contribution in [0.5, 0.6) is 0 Å². The lowest BCUT2D eigenvalue weighted by Gasteiger charge is -2.02. The maximum atomic E-state index is 8.76. The number of oxazole rings is 1. The minimum atomic E-state index is -0.125. The zero-order valence-electron chi connectivity index (χ0n) is 10.9. The van der Waals surface area contributed by atoms with Crippen molar-refractivity contribution in [2.75, 3.05) is 6.61 Å². The van der Waals surface area contributed by atoms with Crippen molar-refractivity contribution in [2.24, 2.45) is 0 Å². The number of hydrogen-bond donors (Lipinski definition) is 1. The van der Waals surface area contributed by atoms with Gasteiger partial charge in [0.25, 0.3) is 5.22 Å². The van der Waals surface area contributed by atoms with E-state index >= 15 is 0 Å². The summed E-state index contributed by atoms with van der Waals surface area (Å²) in [5, 5.41) is 9.44. The second kappa shape index (κ2) is 6.46. The molecule has 0 saturated heterocycles. The summed E-state index contributed by atoms with van der Waals surface area (Å²) >= 11 is 1.55. The van der Waals surface area contributed by atoms with E-state index in [1.54, 1.807) is 11.8 Å². The van der Waals surface area contributed by atoms with Crippen molar-refractivity contribution in [1.82, 2.24) is 4.98 Å². The predicted molar refractivity (Wildman–Crippen MR) is 75.9 cm³/mol. The van der Waals surface area contributed by atoms with E-state index in [9.17, 15) is 0 Å². The predicted octanol–water partition coefficient (Wildman–Crippen LogP) is 2.93. The van der Waals surface area contributed by atoms with Crippen LogP contribution in [0.4, 0.5) is 0 Å². The highest BCUT2D eigenvalue weighted by atomic mass is 32.2. The standard InChI is InChI=1S/C15H15NO2S/c1-11-12(2)18-15(16-11)19-10-14-7-4-3-6-13(14)8-5-9-17/h3-4,6-7,17H,9-10H2,1-2H3. The van der Waals surface area contributed by atoms with Crippen LogP contribution in [0.1, 0.15) is 22.6 Å². The van der Waals surface area contributed by atoms with Gasteiger partial charge in [0, 0.05) is 11.3 Å². The molecule has 98 valence electrons. The quantitative estimate of drug-likeness (QED) is 0.690. The fourth-order valence-electron chi connectivity index (χ4n) is 1.55. The molecule has 1 aromatic carbocycles. The number of aromatic nitrogens is 1. The smallest absolute Gasteiger partial charge is 0.256 e. The molecule has 0 radical (unpaired) electrons. The number of aliphatic hydroxyl groups excluding tert-OH is 1. The Hall–Kier alpha value is -1.70. The second-order valence-corrected chi connectivity index (χ2v) is 4.95. The highest BCUT2D eigenvalue weighted by Gasteiger charge is 2.07. The second-order valence-electron chi connectivity index (χ2n) is 4.03. The number of rotatable bonds is 3. The van der Waals surface area contributed by atoms with E-state index in [1.807, 2.05) is 38.1 Å². The van der Waals surface area contributed by atoms with Gasteiger partial charge in [0.15, 0.2) is 0 Å². The Balaban J connectivity index is 2.11. The summed E-state index contributed by atoms with van der Waals surface area (Å²) in [6.45, 7) is 3.72. The van der Waals surface area contributed by atoms with E-state index in [0.717, 1.165) is 28.3 Å². The first-order chi connectivity index (χ1) is 9.20. The molecule has 0 spiro atoms. The largest absolute Gasteiger partial charge is 0.437 e. The van der Waals surface area contributed by atoms with Crippen LogP contribution in [-0.4, -0.2) is 16.7 Å². The molecule has 1 N–H and O–H groups in total. The van der Waals surface area contributed by atoms with Gasteiger partial charge >= 0.3 is 0 Å². The van der Waals surface area contributed by atoms with Gasteiger partial charge in [-0.3, -0.25) is 0 Å². The highest BCUT2D eigenvalue weighted by Crippen LogP contribution is 2.25. The number of nitrogens with zero attached hydrogens (tertiary/aromatic N) is 1. The van der Waals surface area contributed by atoms with Gasteiger partial charge in [0.05, 0.1) is 5.69 Å². The lowest BCUT2D eigenvalue weighted by atomic mass is 10.1. The molecule has 0 aliphatic rings. The normalized spacial score (nSPS) is 10.1. The van der Waals surface area contributed by atoms with E-state index < -0.39 is 0 Å².